The molecule has 0 saturated heterocycles. The first-order valence-electron chi connectivity index (χ1n) is 5.71. The van der Waals surface area contributed by atoms with E-state index in [2.05, 4.69) is 0 Å². The van der Waals surface area contributed by atoms with Gasteiger partial charge in [0.15, 0.2) is 12.4 Å². The maximum atomic E-state index is 11.9. The lowest BCUT2D eigenvalue weighted by Gasteiger charge is -2.33. The Kier molecular flexibility index (Phi) is 3.13. The second kappa shape index (κ2) is 4.57. The first-order chi connectivity index (χ1) is 8.15. The Morgan fingerprint density at radius 1 is 1.47 bits per heavy atom. The summed E-state index contributed by atoms with van der Waals surface area (Å²) in [6.45, 7) is 3.56. The molecule has 17 heavy (non-hydrogen) atoms. The van der Waals surface area contributed by atoms with Crippen molar-refractivity contribution in [3.63, 3.8) is 0 Å². The van der Waals surface area contributed by atoms with E-state index in [1.807, 2.05) is 12.1 Å². The first kappa shape index (κ1) is 11.6. The van der Waals surface area contributed by atoms with Crippen molar-refractivity contribution in [1.29, 1.82) is 0 Å². The van der Waals surface area contributed by atoms with E-state index in [0.29, 0.717) is 17.9 Å². The maximum Gasteiger partial charge on any atom is 0.265 e. The molecule has 1 aromatic carbocycles. The van der Waals surface area contributed by atoms with Gasteiger partial charge in [0.05, 0.1) is 11.7 Å². The van der Waals surface area contributed by atoms with Crippen LogP contribution in [0.2, 0.25) is 0 Å². The molecule has 0 spiro atoms. The maximum absolute atomic E-state index is 11.9. The number of fused-ring (bicyclic) bond motifs is 1. The van der Waals surface area contributed by atoms with Gasteiger partial charge in [-0.3, -0.25) is 14.5 Å². The quantitative estimate of drug-likeness (QED) is 0.799. The fourth-order valence-corrected chi connectivity index (χ4v) is 1.99. The summed E-state index contributed by atoms with van der Waals surface area (Å²) in [5.74, 6) is 0.538. The Hall–Kier alpha value is -1.84. The average Bonchev–Trinajstić information content (AvgIpc) is 2.37. The van der Waals surface area contributed by atoms with E-state index in [1.165, 1.54) is 4.90 Å². The lowest BCUT2D eigenvalue weighted by molar-refractivity contribution is -0.126. The second-order valence-corrected chi connectivity index (χ2v) is 4.02. The monoisotopic (exact) mass is 233 g/mol. The SMILES string of the molecule is CCC(=O)C(C)N1C(=O)COc2ccccc21. The van der Waals surface area contributed by atoms with Crippen LogP contribution in [0.3, 0.4) is 0 Å². The highest BCUT2D eigenvalue weighted by Crippen LogP contribution is 2.33. The van der Waals surface area contributed by atoms with Crippen molar-refractivity contribution in [3.05, 3.63) is 24.3 Å². The molecule has 1 aromatic rings. The standard InChI is InChI=1S/C13H15NO3/c1-3-11(15)9(2)14-10-6-4-5-7-12(10)17-8-13(14)16/h4-7,9H,3,8H2,1-2H3. The van der Waals surface area contributed by atoms with Gasteiger partial charge in [0.25, 0.3) is 5.91 Å². The van der Waals surface area contributed by atoms with E-state index < -0.39 is 6.04 Å². The van der Waals surface area contributed by atoms with Crippen LogP contribution >= 0.6 is 0 Å². The van der Waals surface area contributed by atoms with Gasteiger partial charge < -0.3 is 4.74 Å². The zero-order valence-corrected chi connectivity index (χ0v) is 9.97. The third-order valence-corrected chi connectivity index (χ3v) is 2.95. The van der Waals surface area contributed by atoms with Crippen molar-refractivity contribution in [2.24, 2.45) is 0 Å². The molecule has 1 amide bonds. The molecule has 1 aliphatic heterocycles. The minimum atomic E-state index is -0.433. The topological polar surface area (TPSA) is 46.6 Å². The largest absolute Gasteiger partial charge is 0.482 e. The molecule has 0 fully saturated rings. The number of anilines is 1. The minimum absolute atomic E-state index is 0.00164. The summed E-state index contributed by atoms with van der Waals surface area (Å²) in [4.78, 5) is 25.1. The normalized spacial score (nSPS) is 16.1. The minimum Gasteiger partial charge on any atom is -0.482 e. The van der Waals surface area contributed by atoms with E-state index in [0.717, 1.165) is 0 Å². The zero-order valence-electron chi connectivity index (χ0n) is 9.97. The lowest BCUT2D eigenvalue weighted by Crippen LogP contribution is -2.47. The number of amides is 1. The molecular formula is C13H15NO3. The average molecular weight is 233 g/mol. The highest BCUT2D eigenvalue weighted by Gasteiger charge is 2.31. The second-order valence-electron chi connectivity index (χ2n) is 4.02. The highest BCUT2D eigenvalue weighted by molar-refractivity contribution is 6.04. The fourth-order valence-electron chi connectivity index (χ4n) is 1.99. The number of hydrogen-bond donors (Lipinski definition) is 0. The summed E-state index contributed by atoms with van der Waals surface area (Å²) in [6, 6.07) is 6.84. The Morgan fingerprint density at radius 2 is 2.18 bits per heavy atom. The number of carbonyl (C=O) groups excluding carboxylic acids is 2. The number of para-hydroxylation sites is 2. The van der Waals surface area contributed by atoms with Crippen molar-refractivity contribution in [2.75, 3.05) is 11.5 Å². The summed E-state index contributed by atoms with van der Waals surface area (Å²) in [5.41, 5.74) is 0.679. The number of ketones is 1. The van der Waals surface area contributed by atoms with E-state index >= 15 is 0 Å². The molecule has 0 aliphatic carbocycles. The van der Waals surface area contributed by atoms with Gasteiger partial charge in [-0.05, 0) is 19.1 Å². The molecule has 0 saturated carbocycles. The van der Waals surface area contributed by atoms with Crippen molar-refractivity contribution in [3.8, 4) is 5.75 Å². The fraction of sp³-hybridized carbons (Fsp3) is 0.385. The van der Waals surface area contributed by atoms with Crippen LogP contribution in [0.4, 0.5) is 5.69 Å². The van der Waals surface area contributed by atoms with Gasteiger partial charge in [0, 0.05) is 6.42 Å². The Balaban J connectivity index is 2.39. The van der Waals surface area contributed by atoms with Gasteiger partial charge in [-0.25, -0.2) is 0 Å². The summed E-state index contributed by atoms with van der Waals surface area (Å²) < 4.78 is 5.33. The predicted molar refractivity (Wildman–Crippen MR) is 64.2 cm³/mol. The zero-order chi connectivity index (χ0) is 12.4. The number of carbonyl (C=O) groups is 2. The molecule has 90 valence electrons. The molecule has 0 aromatic heterocycles. The smallest absolute Gasteiger partial charge is 0.265 e. The van der Waals surface area contributed by atoms with E-state index in [9.17, 15) is 9.59 Å². The van der Waals surface area contributed by atoms with Gasteiger partial charge in [-0.1, -0.05) is 19.1 Å². The number of benzene rings is 1. The molecule has 0 radical (unpaired) electrons. The number of rotatable bonds is 3. The van der Waals surface area contributed by atoms with Crippen molar-refractivity contribution < 1.29 is 14.3 Å². The van der Waals surface area contributed by atoms with E-state index in [-0.39, 0.29) is 18.3 Å². The molecule has 0 bridgehead atoms. The third kappa shape index (κ3) is 2.02. The molecule has 1 unspecified atom stereocenters. The summed E-state index contributed by atoms with van der Waals surface area (Å²) in [5, 5.41) is 0. The highest BCUT2D eigenvalue weighted by atomic mass is 16.5. The molecule has 0 N–H and O–H groups in total. The lowest BCUT2D eigenvalue weighted by atomic mass is 10.1. The predicted octanol–water partition coefficient (Wildman–Crippen LogP) is 1.78. The molecular weight excluding hydrogens is 218 g/mol. The van der Waals surface area contributed by atoms with Crippen LogP contribution in [0.1, 0.15) is 20.3 Å². The molecule has 2 rings (SSSR count). The molecule has 1 atom stereocenters. The summed E-state index contributed by atoms with van der Waals surface area (Å²) in [6.07, 6.45) is 0.425. The van der Waals surface area contributed by atoms with Crippen LogP contribution in [0.15, 0.2) is 24.3 Å². The third-order valence-electron chi connectivity index (χ3n) is 2.95. The van der Waals surface area contributed by atoms with Crippen LogP contribution in [-0.4, -0.2) is 24.3 Å². The van der Waals surface area contributed by atoms with Crippen molar-refractivity contribution in [1.82, 2.24) is 0 Å². The van der Waals surface area contributed by atoms with Gasteiger partial charge >= 0.3 is 0 Å². The van der Waals surface area contributed by atoms with Gasteiger partial charge in [0.2, 0.25) is 0 Å². The van der Waals surface area contributed by atoms with E-state index in [1.54, 1.807) is 26.0 Å². The van der Waals surface area contributed by atoms with Gasteiger partial charge in [0.1, 0.15) is 5.75 Å². The Morgan fingerprint density at radius 3 is 2.88 bits per heavy atom. The number of nitrogens with zero attached hydrogens (tertiary/aromatic N) is 1. The van der Waals surface area contributed by atoms with Crippen LogP contribution in [0, 0.1) is 0 Å². The summed E-state index contributed by atoms with van der Waals surface area (Å²) in [7, 11) is 0. The number of Topliss-reactive ketones (excluding diaryl/α,β-unsaturated/α-hetero) is 1. The van der Waals surface area contributed by atoms with E-state index in [4.69, 9.17) is 4.74 Å². The van der Waals surface area contributed by atoms with Crippen LogP contribution in [0.25, 0.3) is 0 Å². The molecule has 4 nitrogen and oxygen atoms in total. The van der Waals surface area contributed by atoms with Crippen LogP contribution in [0.5, 0.6) is 5.75 Å². The first-order valence-corrected chi connectivity index (χ1v) is 5.71. The molecule has 4 heteroatoms. The summed E-state index contributed by atoms with van der Waals surface area (Å²) >= 11 is 0. The molecule has 1 aliphatic rings. The van der Waals surface area contributed by atoms with Gasteiger partial charge in [-0.15, -0.1) is 0 Å². The Labute approximate surface area is 100 Å². The number of ether oxygens (including phenoxy) is 1. The Bertz CT molecular complexity index is 456. The van der Waals surface area contributed by atoms with Crippen molar-refractivity contribution in [2.45, 2.75) is 26.3 Å². The molecule has 1 heterocycles. The number of hydrogen-bond acceptors (Lipinski definition) is 3. The van der Waals surface area contributed by atoms with Crippen LogP contribution in [-0.2, 0) is 9.59 Å². The van der Waals surface area contributed by atoms with Crippen LogP contribution < -0.4 is 9.64 Å². The van der Waals surface area contributed by atoms with Gasteiger partial charge in [-0.2, -0.15) is 0 Å². The van der Waals surface area contributed by atoms with Crippen molar-refractivity contribution >= 4 is 17.4 Å².